The van der Waals surface area contributed by atoms with Gasteiger partial charge in [-0.05, 0) is 30.2 Å². The van der Waals surface area contributed by atoms with E-state index in [9.17, 15) is 0 Å². The van der Waals surface area contributed by atoms with Crippen molar-refractivity contribution >= 4 is 28.9 Å². The van der Waals surface area contributed by atoms with Crippen LogP contribution in [0.4, 0.5) is 5.69 Å². The maximum atomic E-state index is 6.33. The standard InChI is InChI=1S/C15H16Cl2N2O2/c1-9-6-11(8-19-15(9)17)18-7-10-4-5-12(20-2)14(21-3)13(10)16/h4-6,8,18H,7H2,1-3H3. The molecule has 0 spiro atoms. The van der Waals surface area contributed by atoms with Gasteiger partial charge in [0.15, 0.2) is 11.5 Å². The number of benzene rings is 1. The number of aromatic nitrogens is 1. The van der Waals surface area contributed by atoms with Crippen molar-refractivity contribution in [2.45, 2.75) is 13.5 Å². The Morgan fingerprint density at radius 1 is 1.19 bits per heavy atom. The van der Waals surface area contributed by atoms with Gasteiger partial charge in [-0.3, -0.25) is 0 Å². The van der Waals surface area contributed by atoms with Crippen molar-refractivity contribution in [3.8, 4) is 11.5 Å². The first kappa shape index (κ1) is 15.7. The van der Waals surface area contributed by atoms with E-state index in [1.54, 1.807) is 20.4 Å². The number of hydrogen-bond acceptors (Lipinski definition) is 4. The molecule has 0 saturated heterocycles. The minimum atomic E-state index is 0.504. The lowest BCUT2D eigenvalue weighted by Gasteiger charge is -2.14. The summed E-state index contributed by atoms with van der Waals surface area (Å²) < 4.78 is 10.5. The average molecular weight is 327 g/mol. The van der Waals surface area contributed by atoms with Crippen LogP contribution in [0.5, 0.6) is 11.5 Å². The van der Waals surface area contributed by atoms with Gasteiger partial charge in [0.2, 0.25) is 0 Å². The van der Waals surface area contributed by atoms with E-state index in [0.29, 0.717) is 28.2 Å². The molecule has 0 aliphatic carbocycles. The fourth-order valence-corrected chi connectivity index (χ4v) is 2.32. The van der Waals surface area contributed by atoms with Crippen LogP contribution in [0.2, 0.25) is 10.2 Å². The topological polar surface area (TPSA) is 43.4 Å². The second-order valence-corrected chi connectivity index (χ2v) is 5.20. The van der Waals surface area contributed by atoms with Crippen molar-refractivity contribution in [1.82, 2.24) is 4.98 Å². The summed E-state index contributed by atoms with van der Waals surface area (Å²) in [5, 5.41) is 4.29. The van der Waals surface area contributed by atoms with Crippen molar-refractivity contribution < 1.29 is 9.47 Å². The van der Waals surface area contributed by atoms with Gasteiger partial charge in [-0.2, -0.15) is 0 Å². The van der Waals surface area contributed by atoms with Crippen LogP contribution in [0.3, 0.4) is 0 Å². The lowest BCUT2D eigenvalue weighted by molar-refractivity contribution is 0.355. The summed E-state index contributed by atoms with van der Waals surface area (Å²) in [5.74, 6) is 1.14. The van der Waals surface area contributed by atoms with Crippen LogP contribution in [0.15, 0.2) is 24.4 Å². The van der Waals surface area contributed by atoms with Crippen LogP contribution < -0.4 is 14.8 Å². The Labute approximate surface area is 134 Å². The van der Waals surface area contributed by atoms with E-state index >= 15 is 0 Å². The quantitative estimate of drug-likeness (QED) is 0.830. The van der Waals surface area contributed by atoms with Crippen LogP contribution in [0.1, 0.15) is 11.1 Å². The molecular formula is C15H16Cl2N2O2. The number of halogens is 2. The molecule has 2 rings (SSSR count). The summed E-state index contributed by atoms with van der Waals surface area (Å²) in [4.78, 5) is 4.10. The van der Waals surface area contributed by atoms with Crippen LogP contribution >= 0.6 is 23.2 Å². The molecule has 21 heavy (non-hydrogen) atoms. The van der Waals surface area contributed by atoms with Crippen molar-refractivity contribution in [3.05, 3.63) is 45.7 Å². The summed E-state index contributed by atoms with van der Waals surface area (Å²) in [6, 6.07) is 5.66. The third kappa shape index (κ3) is 3.52. The van der Waals surface area contributed by atoms with Crippen molar-refractivity contribution in [2.75, 3.05) is 19.5 Å². The molecule has 0 amide bonds. The van der Waals surface area contributed by atoms with E-state index in [1.165, 1.54) is 0 Å². The van der Waals surface area contributed by atoms with Gasteiger partial charge >= 0.3 is 0 Å². The van der Waals surface area contributed by atoms with E-state index in [4.69, 9.17) is 32.7 Å². The van der Waals surface area contributed by atoms with E-state index < -0.39 is 0 Å². The molecule has 0 aliphatic heterocycles. The zero-order valence-corrected chi connectivity index (χ0v) is 13.5. The SMILES string of the molecule is COc1ccc(CNc2cnc(Cl)c(C)c2)c(Cl)c1OC. The maximum absolute atomic E-state index is 6.33. The van der Waals surface area contributed by atoms with E-state index in [-0.39, 0.29) is 0 Å². The molecule has 1 aromatic carbocycles. The van der Waals surface area contributed by atoms with Gasteiger partial charge in [-0.1, -0.05) is 29.3 Å². The number of aryl methyl sites for hydroxylation is 1. The molecule has 1 aromatic heterocycles. The molecule has 6 heteroatoms. The fourth-order valence-electron chi connectivity index (χ4n) is 1.92. The number of hydrogen-bond donors (Lipinski definition) is 1. The number of rotatable bonds is 5. The maximum Gasteiger partial charge on any atom is 0.179 e. The third-order valence-electron chi connectivity index (χ3n) is 3.06. The monoisotopic (exact) mass is 326 g/mol. The lowest BCUT2D eigenvalue weighted by Crippen LogP contribution is -2.02. The normalized spacial score (nSPS) is 10.3. The Morgan fingerprint density at radius 3 is 2.57 bits per heavy atom. The van der Waals surface area contributed by atoms with Gasteiger partial charge in [-0.25, -0.2) is 4.98 Å². The highest BCUT2D eigenvalue weighted by atomic mass is 35.5. The van der Waals surface area contributed by atoms with Crippen molar-refractivity contribution in [2.24, 2.45) is 0 Å². The summed E-state index contributed by atoms with van der Waals surface area (Å²) >= 11 is 12.2. The largest absolute Gasteiger partial charge is 0.493 e. The average Bonchev–Trinajstić information content (AvgIpc) is 2.49. The number of anilines is 1. The molecule has 0 unspecified atom stereocenters. The fraction of sp³-hybridized carbons (Fsp3) is 0.267. The number of ether oxygens (including phenoxy) is 2. The molecular weight excluding hydrogens is 311 g/mol. The molecule has 0 aliphatic rings. The first-order valence-electron chi connectivity index (χ1n) is 6.32. The molecule has 1 N–H and O–H groups in total. The van der Waals surface area contributed by atoms with Crippen LogP contribution in [-0.2, 0) is 6.54 Å². The summed E-state index contributed by atoms with van der Waals surface area (Å²) in [7, 11) is 3.14. The second-order valence-electron chi connectivity index (χ2n) is 4.46. The lowest BCUT2D eigenvalue weighted by atomic mass is 10.2. The van der Waals surface area contributed by atoms with Gasteiger partial charge in [0.25, 0.3) is 0 Å². The van der Waals surface area contributed by atoms with Crippen LogP contribution in [0, 0.1) is 6.92 Å². The first-order valence-corrected chi connectivity index (χ1v) is 7.07. The zero-order valence-electron chi connectivity index (χ0n) is 12.0. The van der Waals surface area contributed by atoms with E-state index in [0.717, 1.165) is 16.8 Å². The van der Waals surface area contributed by atoms with Gasteiger partial charge in [0.1, 0.15) is 5.15 Å². The summed E-state index contributed by atoms with van der Waals surface area (Å²) in [6.07, 6.45) is 1.68. The highest BCUT2D eigenvalue weighted by Gasteiger charge is 2.13. The molecule has 0 atom stereocenters. The van der Waals surface area contributed by atoms with Gasteiger partial charge in [0, 0.05) is 6.54 Å². The minimum absolute atomic E-state index is 0.504. The van der Waals surface area contributed by atoms with Crippen LogP contribution in [-0.4, -0.2) is 19.2 Å². The van der Waals surface area contributed by atoms with E-state index in [1.807, 2.05) is 25.1 Å². The smallest absolute Gasteiger partial charge is 0.179 e. The molecule has 1 heterocycles. The zero-order chi connectivity index (χ0) is 15.4. The Hall–Kier alpha value is -1.65. The van der Waals surface area contributed by atoms with Crippen molar-refractivity contribution in [3.63, 3.8) is 0 Å². The minimum Gasteiger partial charge on any atom is -0.493 e. The highest BCUT2D eigenvalue weighted by molar-refractivity contribution is 6.33. The predicted molar refractivity (Wildman–Crippen MR) is 85.9 cm³/mol. The number of nitrogens with one attached hydrogen (secondary N) is 1. The third-order valence-corrected chi connectivity index (χ3v) is 3.87. The van der Waals surface area contributed by atoms with Crippen molar-refractivity contribution in [1.29, 1.82) is 0 Å². The Bertz CT molecular complexity index is 648. The molecule has 0 bridgehead atoms. The summed E-state index contributed by atoms with van der Waals surface area (Å²) in [6.45, 7) is 2.45. The first-order chi connectivity index (χ1) is 10.1. The second kappa shape index (κ2) is 6.87. The summed E-state index contributed by atoms with van der Waals surface area (Å²) in [5.41, 5.74) is 2.70. The van der Waals surface area contributed by atoms with E-state index in [2.05, 4.69) is 10.3 Å². The molecule has 0 radical (unpaired) electrons. The number of methoxy groups -OCH3 is 2. The predicted octanol–water partition coefficient (Wildman–Crippen LogP) is 4.33. The Balaban J connectivity index is 2.18. The highest BCUT2D eigenvalue weighted by Crippen LogP contribution is 2.37. The Morgan fingerprint density at radius 2 is 1.95 bits per heavy atom. The number of pyridine rings is 1. The molecule has 4 nitrogen and oxygen atoms in total. The molecule has 0 saturated carbocycles. The van der Waals surface area contributed by atoms with Gasteiger partial charge in [-0.15, -0.1) is 0 Å². The van der Waals surface area contributed by atoms with Crippen LogP contribution in [0.25, 0.3) is 0 Å². The molecule has 2 aromatic rings. The van der Waals surface area contributed by atoms with Gasteiger partial charge < -0.3 is 14.8 Å². The Kier molecular flexibility index (Phi) is 5.15. The molecule has 112 valence electrons. The molecule has 0 fully saturated rings. The van der Waals surface area contributed by atoms with Gasteiger partial charge in [0.05, 0.1) is 31.1 Å². The number of nitrogens with zero attached hydrogens (tertiary/aromatic N) is 1.